The molecule has 0 bridgehead atoms. The van der Waals surface area contributed by atoms with Gasteiger partial charge in [0.15, 0.2) is 0 Å². The van der Waals surface area contributed by atoms with E-state index in [-0.39, 0.29) is 30.3 Å². The van der Waals surface area contributed by atoms with Crippen molar-refractivity contribution in [2.45, 2.75) is 43.2 Å². The number of pyridine rings is 1. The van der Waals surface area contributed by atoms with E-state index in [1.54, 1.807) is 13.0 Å². The third kappa shape index (κ3) is 2.77. The van der Waals surface area contributed by atoms with Crippen molar-refractivity contribution in [3.05, 3.63) is 46.1 Å². The molecule has 4 rings (SSSR count). The number of benzene rings is 1. The number of aliphatic hydroxyl groups excluding tert-OH is 3. The van der Waals surface area contributed by atoms with Gasteiger partial charge in [0.05, 0.1) is 23.4 Å². The van der Waals surface area contributed by atoms with E-state index >= 15 is 0 Å². The highest BCUT2D eigenvalue weighted by Gasteiger charge is 2.56. The number of rotatable bonds is 6. The summed E-state index contributed by atoms with van der Waals surface area (Å²) < 4.78 is 14.5. The fourth-order valence-corrected chi connectivity index (χ4v) is 4.95. The van der Waals surface area contributed by atoms with Crippen molar-refractivity contribution in [3.8, 4) is 0 Å². The predicted octanol–water partition coefficient (Wildman–Crippen LogP) is 2.79. The number of hydrogen-bond acceptors (Lipinski definition) is 6. The fourth-order valence-electron chi connectivity index (χ4n) is 4.46. The Morgan fingerprint density at radius 3 is 2.72 bits per heavy atom. The molecule has 1 atom stereocenters. The molecule has 154 valence electrons. The molecule has 29 heavy (non-hydrogen) atoms. The van der Waals surface area contributed by atoms with Crippen LogP contribution in [0.1, 0.15) is 36.6 Å². The minimum Gasteiger partial charge on any atom is -0.509 e. The van der Waals surface area contributed by atoms with Gasteiger partial charge >= 0.3 is 0 Å². The minimum absolute atomic E-state index is 0.0224. The molecule has 0 saturated heterocycles. The lowest BCUT2D eigenvalue weighted by Gasteiger charge is -2.28. The van der Waals surface area contributed by atoms with E-state index in [1.807, 2.05) is 6.26 Å². The lowest BCUT2D eigenvalue weighted by atomic mass is 9.90. The highest BCUT2D eigenvalue weighted by Crippen LogP contribution is 2.50. The summed E-state index contributed by atoms with van der Waals surface area (Å²) >= 11 is 1.32. The van der Waals surface area contributed by atoms with Crippen molar-refractivity contribution in [2.24, 2.45) is 0 Å². The third-order valence-electron chi connectivity index (χ3n) is 6.04. The van der Waals surface area contributed by atoms with E-state index in [0.29, 0.717) is 28.9 Å². The number of thioether (sulfide) groups is 1. The van der Waals surface area contributed by atoms with Crippen LogP contribution in [0.5, 0.6) is 0 Å². The number of aromatic nitrogens is 1. The van der Waals surface area contributed by atoms with Crippen LogP contribution in [-0.4, -0.2) is 50.6 Å². The second-order valence-corrected chi connectivity index (χ2v) is 8.40. The molecular formula is C21H23FN2O4S. The molecule has 0 saturated carbocycles. The van der Waals surface area contributed by atoms with Gasteiger partial charge in [0.2, 0.25) is 0 Å². The zero-order valence-corrected chi connectivity index (χ0v) is 17.1. The van der Waals surface area contributed by atoms with E-state index < -0.39 is 18.1 Å². The maximum Gasteiger partial charge on any atom is 0.257 e. The van der Waals surface area contributed by atoms with Gasteiger partial charge in [0.25, 0.3) is 5.91 Å². The molecule has 3 heterocycles. The molecule has 6 nitrogen and oxygen atoms in total. The maximum absolute atomic E-state index is 14.5. The lowest BCUT2D eigenvalue weighted by molar-refractivity contribution is -0.130. The molecule has 2 aromatic rings. The Labute approximate surface area is 172 Å². The molecule has 8 heteroatoms. The van der Waals surface area contributed by atoms with Crippen molar-refractivity contribution in [1.82, 2.24) is 9.88 Å². The summed E-state index contributed by atoms with van der Waals surface area (Å²) in [6.45, 7) is 1.51. The number of nitrogens with zero attached hydrogens (tertiary/aromatic N) is 2. The summed E-state index contributed by atoms with van der Waals surface area (Å²) in [5.74, 6) is -0.970. The summed E-state index contributed by atoms with van der Waals surface area (Å²) in [6.07, 6.45) is 3.83. The number of carbonyl (C=O) groups excluding carboxylic acids is 1. The first kappa shape index (κ1) is 20.1. The second-order valence-electron chi connectivity index (χ2n) is 7.55. The minimum atomic E-state index is -1.17. The van der Waals surface area contributed by atoms with Gasteiger partial charge in [-0.05, 0) is 49.6 Å². The predicted molar refractivity (Wildman–Crippen MR) is 108 cm³/mol. The average Bonchev–Trinajstić information content (AvgIpc) is 3.10. The molecule has 2 aliphatic rings. The number of carbonyl (C=O) groups is 1. The van der Waals surface area contributed by atoms with E-state index in [2.05, 4.69) is 4.98 Å². The quantitative estimate of drug-likeness (QED) is 0.493. The van der Waals surface area contributed by atoms with E-state index in [9.17, 15) is 24.5 Å². The number of aliphatic hydroxyl groups is 3. The Morgan fingerprint density at radius 1 is 1.31 bits per heavy atom. The Hall–Kier alpha value is -2.16. The van der Waals surface area contributed by atoms with Crippen molar-refractivity contribution in [1.29, 1.82) is 0 Å². The van der Waals surface area contributed by atoms with Crippen LogP contribution >= 0.6 is 11.8 Å². The maximum atomic E-state index is 14.5. The summed E-state index contributed by atoms with van der Waals surface area (Å²) in [4.78, 5) is 19.5. The Morgan fingerprint density at radius 2 is 2.07 bits per heavy atom. The first-order chi connectivity index (χ1) is 13.9. The van der Waals surface area contributed by atoms with E-state index in [1.165, 1.54) is 22.7 Å². The molecular weight excluding hydrogens is 395 g/mol. The van der Waals surface area contributed by atoms with Crippen LogP contribution in [0.25, 0.3) is 10.9 Å². The molecule has 1 aromatic heterocycles. The number of hydrogen-bond donors (Lipinski definition) is 3. The van der Waals surface area contributed by atoms with Crippen molar-refractivity contribution in [2.75, 3.05) is 19.5 Å². The molecule has 1 aromatic carbocycles. The Balaban J connectivity index is 1.98. The fraction of sp³-hybridized carbons (Fsp3) is 0.429. The second kappa shape index (κ2) is 7.27. The average molecular weight is 418 g/mol. The molecule has 0 aliphatic carbocycles. The monoisotopic (exact) mass is 418 g/mol. The molecule has 0 spiro atoms. The van der Waals surface area contributed by atoms with Crippen LogP contribution in [0, 0.1) is 5.82 Å². The van der Waals surface area contributed by atoms with E-state index in [0.717, 1.165) is 22.9 Å². The normalized spacial score (nSPS) is 20.7. The zero-order valence-electron chi connectivity index (χ0n) is 16.3. The van der Waals surface area contributed by atoms with Crippen LogP contribution < -0.4 is 0 Å². The van der Waals surface area contributed by atoms with Gasteiger partial charge in [-0.2, -0.15) is 0 Å². The highest BCUT2D eigenvalue weighted by atomic mass is 32.2. The van der Waals surface area contributed by atoms with Crippen molar-refractivity contribution < 1.29 is 24.5 Å². The molecule has 0 radical (unpaired) electrons. The zero-order chi connectivity index (χ0) is 20.9. The molecule has 1 unspecified atom stereocenters. The highest BCUT2D eigenvalue weighted by molar-refractivity contribution is 7.98. The molecule has 2 aliphatic heterocycles. The number of aryl methyl sites for hydroxylation is 1. The van der Waals surface area contributed by atoms with Crippen molar-refractivity contribution in [3.63, 3.8) is 0 Å². The largest absolute Gasteiger partial charge is 0.509 e. The van der Waals surface area contributed by atoms with Gasteiger partial charge in [0, 0.05) is 29.5 Å². The molecule has 3 N–H and O–H groups in total. The van der Waals surface area contributed by atoms with Crippen LogP contribution in [0.15, 0.2) is 28.4 Å². The lowest BCUT2D eigenvalue weighted by Crippen LogP contribution is -2.38. The topological polar surface area (TPSA) is 93.9 Å². The summed E-state index contributed by atoms with van der Waals surface area (Å²) in [6, 6.07) is 3.19. The van der Waals surface area contributed by atoms with Gasteiger partial charge < -0.3 is 20.2 Å². The number of unbranched alkanes of at least 4 members (excludes halogenated alkanes) is 1. The Bertz CT molecular complexity index is 1050. The van der Waals surface area contributed by atoms with Gasteiger partial charge in [-0.15, -0.1) is 11.8 Å². The summed E-state index contributed by atoms with van der Waals surface area (Å²) in [7, 11) is 0. The number of halogens is 1. The number of amides is 1. The van der Waals surface area contributed by atoms with Crippen molar-refractivity contribution >= 4 is 28.6 Å². The SMILES string of the molecule is CSc1cc2c(CCCCO)c3c(nc2cc1F)C1(C)C(O)=C(CO)C(=O)N1C3. The smallest absolute Gasteiger partial charge is 0.257 e. The van der Waals surface area contributed by atoms with Gasteiger partial charge in [-0.1, -0.05) is 0 Å². The van der Waals surface area contributed by atoms with Gasteiger partial charge in [0.1, 0.15) is 17.1 Å². The third-order valence-corrected chi connectivity index (χ3v) is 6.79. The molecule has 1 amide bonds. The van der Waals surface area contributed by atoms with Crippen LogP contribution in [0.3, 0.4) is 0 Å². The first-order valence-corrected chi connectivity index (χ1v) is 10.8. The van der Waals surface area contributed by atoms with E-state index in [4.69, 9.17) is 0 Å². The summed E-state index contributed by atoms with van der Waals surface area (Å²) in [5, 5.41) is 30.3. The van der Waals surface area contributed by atoms with Crippen LogP contribution in [0.2, 0.25) is 0 Å². The van der Waals surface area contributed by atoms with Crippen LogP contribution in [0.4, 0.5) is 4.39 Å². The standard InChI is InChI=1S/C21H23FN2O4S/c1-21-18-13(9-24(21)20(28)14(10-26)19(21)27)11(5-3-4-6-25)12-7-17(29-2)15(22)8-16(12)23-18/h7-8,25-27H,3-6,9-10H2,1-2H3. The molecule has 0 fully saturated rings. The Kier molecular flexibility index (Phi) is 5.04. The first-order valence-electron chi connectivity index (χ1n) is 9.54. The van der Waals surface area contributed by atoms with Gasteiger partial charge in [-0.3, -0.25) is 4.79 Å². The van der Waals surface area contributed by atoms with Gasteiger partial charge in [-0.25, -0.2) is 9.37 Å². The van der Waals surface area contributed by atoms with Crippen LogP contribution in [-0.2, 0) is 23.3 Å². The number of fused-ring (bicyclic) bond motifs is 4. The summed E-state index contributed by atoms with van der Waals surface area (Å²) in [5.41, 5.74) is 1.63.